The maximum atomic E-state index is 4.53. The van der Waals surface area contributed by atoms with Crippen molar-refractivity contribution in [3.63, 3.8) is 0 Å². The van der Waals surface area contributed by atoms with Gasteiger partial charge in [0.15, 0.2) is 0 Å². The molecule has 1 radical (unpaired) electrons. The fraction of sp³-hybridized carbons (Fsp3) is 0. The minimum Gasteiger partial charge on any atom is -0.324 e. The predicted octanol–water partition coefficient (Wildman–Crippen LogP) is 4.84. The molecule has 109 valence electrons. The molecule has 1 aromatic heterocycles. The average molecular weight is 296 g/mol. The molecule has 0 aliphatic heterocycles. The molecule has 0 aliphatic carbocycles. The number of nitrogens with zero attached hydrogens (tertiary/aromatic N) is 2. The highest BCUT2D eigenvalue weighted by Gasteiger charge is 2.03. The number of fused-ring (bicyclic) bond motifs is 1. The summed E-state index contributed by atoms with van der Waals surface area (Å²) in [4.78, 5) is 8.92. The number of benzene rings is 3. The molecule has 0 saturated heterocycles. The molecule has 0 spiro atoms. The summed E-state index contributed by atoms with van der Waals surface area (Å²) in [7, 11) is 0. The van der Waals surface area contributed by atoms with Crippen molar-refractivity contribution in [1.82, 2.24) is 9.97 Å². The zero-order chi connectivity index (χ0) is 15.5. The van der Waals surface area contributed by atoms with Gasteiger partial charge in [-0.2, -0.15) is 0 Å². The molecule has 0 saturated carbocycles. The number of aromatic nitrogens is 2. The number of hydrogen-bond acceptors (Lipinski definition) is 3. The summed E-state index contributed by atoms with van der Waals surface area (Å²) < 4.78 is 0. The molecule has 0 aliphatic rings. The topological polar surface area (TPSA) is 37.8 Å². The van der Waals surface area contributed by atoms with E-state index in [9.17, 15) is 0 Å². The van der Waals surface area contributed by atoms with Gasteiger partial charge in [-0.25, -0.2) is 9.97 Å². The van der Waals surface area contributed by atoms with Crippen molar-refractivity contribution in [2.24, 2.45) is 0 Å². The van der Waals surface area contributed by atoms with Crippen molar-refractivity contribution in [1.29, 1.82) is 0 Å². The lowest BCUT2D eigenvalue weighted by Crippen LogP contribution is -1.96. The lowest BCUT2D eigenvalue weighted by Gasteiger charge is -2.06. The Morgan fingerprint density at radius 2 is 1.57 bits per heavy atom. The molecular weight excluding hydrogens is 282 g/mol. The predicted molar refractivity (Wildman–Crippen MR) is 93.5 cm³/mol. The third-order valence-electron chi connectivity index (χ3n) is 3.63. The quantitative estimate of drug-likeness (QED) is 0.588. The molecule has 3 nitrogen and oxygen atoms in total. The van der Waals surface area contributed by atoms with Crippen molar-refractivity contribution >= 4 is 22.5 Å². The van der Waals surface area contributed by atoms with Gasteiger partial charge >= 0.3 is 0 Å². The number of para-hydroxylation sites is 1. The third-order valence-corrected chi connectivity index (χ3v) is 3.63. The van der Waals surface area contributed by atoms with Crippen LogP contribution in [0.25, 0.3) is 22.0 Å². The van der Waals surface area contributed by atoms with Crippen LogP contribution in [0.5, 0.6) is 0 Å². The number of rotatable bonds is 3. The van der Waals surface area contributed by atoms with E-state index in [1.807, 2.05) is 60.8 Å². The van der Waals surface area contributed by atoms with E-state index < -0.39 is 0 Å². The zero-order valence-electron chi connectivity index (χ0n) is 12.4. The fourth-order valence-electron chi connectivity index (χ4n) is 2.48. The highest BCUT2D eigenvalue weighted by molar-refractivity contribution is 5.84. The van der Waals surface area contributed by atoms with E-state index in [1.165, 1.54) is 0 Å². The SMILES string of the molecule is [c]1cc(-c2ccccc2)cc2cnc(Nc3ccccc3)nc12. The van der Waals surface area contributed by atoms with Crippen LogP contribution in [0.3, 0.4) is 0 Å². The van der Waals surface area contributed by atoms with E-state index in [4.69, 9.17) is 0 Å². The van der Waals surface area contributed by atoms with Crippen molar-refractivity contribution in [2.75, 3.05) is 5.32 Å². The Hall–Kier alpha value is -3.20. The Bertz CT molecular complexity index is 935. The van der Waals surface area contributed by atoms with E-state index in [1.54, 1.807) is 0 Å². The lowest BCUT2D eigenvalue weighted by atomic mass is 10.0. The normalized spacial score (nSPS) is 10.6. The molecule has 0 atom stereocenters. The van der Waals surface area contributed by atoms with Gasteiger partial charge in [0.2, 0.25) is 5.95 Å². The van der Waals surface area contributed by atoms with Crippen LogP contribution in [0.15, 0.2) is 79.0 Å². The maximum Gasteiger partial charge on any atom is 0.227 e. The van der Waals surface area contributed by atoms with Gasteiger partial charge in [-0.1, -0.05) is 48.5 Å². The first kappa shape index (κ1) is 13.5. The van der Waals surface area contributed by atoms with Gasteiger partial charge in [-0.15, -0.1) is 0 Å². The highest BCUT2D eigenvalue weighted by Crippen LogP contribution is 2.23. The van der Waals surface area contributed by atoms with Crippen LogP contribution in [0.1, 0.15) is 0 Å². The van der Waals surface area contributed by atoms with E-state index in [0.29, 0.717) is 5.95 Å². The Labute approximate surface area is 134 Å². The summed E-state index contributed by atoms with van der Waals surface area (Å²) in [5.74, 6) is 0.576. The van der Waals surface area contributed by atoms with Crippen LogP contribution in [-0.4, -0.2) is 9.97 Å². The van der Waals surface area contributed by atoms with Crippen LogP contribution in [-0.2, 0) is 0 Å². The van der Waals surface area contributed by atoms with Crippen molar-refractivity contribution < 1.29 is 0 Å². The Kier molecular flexibility index (Phi) is 3.45. The number of hydrogen-bond donors (Lipinski definition) is 1. The van der Waals surface area contributed by atoms with E-state index in [0.717, 1.165) is 27.7 Å². The summed E-state index contributed by atoms with van der Waals surface area (Å²) in [5.41, 5.74) is 4.05. The molecule has 1 heterocycles. The molecule has 0 bridgehead atoms. The number of anilines is 2. The van der Waals surface area contributed by atoms with Crippen molar-refractivity contribution in [3.8, 4) is 11.1 Å². The van der Waals surface area contributed by atoms with Gasteiger partial charge in [0.25, 0.3) is 0 Å². The molecule has 3 heteroatoms. The minimum absolute atomic E-state index is 0.576. The van der Waals surface area contributed by atoms with Crippen LogP contribution in [0.4, 0.5) is 11.6 Å². The summed E-state index contributed by atoms with van der Waals surface area (Å²) in [6.45, 7) is 0. The third kappa shape index (κ3) is 2.90. The molecule has 0 unspecified atom stereocenters. The van der Waals surface area contributed by atoms with Crippen LogP contribution >= 0.6 is 0 Å². The van der Waals surface area contributed by atoms with Gasteiger partial charge in [0.05, 0.1) is 5.52 Å². The van der Waals surface area contributed by atoms with Gasteiger partial charge in [0, 0.05) is 23.3 Å². The summed E-state index contributed by atoms with van der Waals surface area (Å²) >= 11 is 0. The lowest BCUT2D eigenvalue weighted by molar-refractivity contribution is 1.21. The molecule has 4 aromatic rings. The molecule has 1 N–H and O–H groups in total. The van der Waals surface area contributed by atoms with Gasteiger partial charge in [-0.3, -0.25) is 0 Å². The molecule has 3 aromatic carbocycles. The fourth-order valence-corrected chi connectivity index (χ4v) is 2.48. The average Bonchev–Trinajstić information content (AvgIpc) is 2.63. The Morgan fingerprint density at radius 1 is 0.826 bits per heavy atom. The number of nitrogens with one attached hydrogen (secondary N) is 1. The summed E-state index contributed by atoms with van der Waals surface area (Å²) in [5, 5.41) is 4.18. The minimum atomic E-state index is 0.576. The summed E-state index contributed by atoms with van der Waals surface area (Å²) in [6.07, 6.45) is 1.83. The second-order valence-electron chi connectivity index (χ2n) is 5.24. The first-order valence-electron chi connectivity index (χ1n) is 7.44. The maximum absolute atomic E-state index is 4.53. The van der Waals surface area contributed by atoms with E-state index in [-0.39, 0.29) is 0 Å². The first-order valence-corrected chi connectivity index (χ1v) is 7.44. The van der Waals surface area contributed by atoms with Crippen molar-refractivity contribution in [3.05, 3.63) is 85.1 Å². The highest BCUT2D eigenvalue weighted by atomic mass is 15.1. The molecule has 0 amide bonds. The van der Waals surface area contributed by atoms with Crippen LogP contribution in [0, 0.1) is 6.07 Å². The Morgan fingerprint density at radius 3 is 2.35 bits per heavy atom. The first-order chi connectivity index (χ1) is 11.4. The standard InChI is InChI=1S/C20H14N3/c1-3-7-15(8-4-1)16-11-12-19-17(13-16)14-21-20(23-19)22-18-9-5-2-6-10-18/h1-11,13-14H,(H,21,22,23). The second kappa shape index (κ2) is 5.89. The molecule has 23 heavy (non-hydrogen) atoms. The monoisotopic (exact) mass is 296 g/mol. The zero-order valence-corrected chi connectivity index (χ0v) is 12.4. The van der Waals surface area contributed by atoms with Gasteiger partial charge < -0.3 is 5.32 Å². The largest absolute Gasteiger partial charge is 0.324 e. The van der Waals surface area contributed by atoms with Crippen molar-refractivity contribution in [2.45, 2.75) is 0 Å². The second-order valence-corrected chi connectivity index (χ2v) is 5.24. The summed E-state index contributed by atoms with van der Waals surface area (Å²) in [6, 6.07) is 27.4. The molecule has 0 fully saturated rings. The van der Waals surface area contributed by atoms with Crippen LogP contribution < -0.4 is 5.32 Å². The van der Waals surface area contributed by atoms with E-state index >= 15 is 0 Å². The van der Waals surface area contributed by atoms with E-state index in [2.05, 4.69) is 39.6 Å². The molecule has 4 rings (SSSR count). The Balaban J connectivity index is 1.68. The van der Waals surface area contributed by atoms with Crippen LogP contribution in [0.2, 0.25) is 0 Å². The van der Waals surface area contributed by atoms with Gasteiger partial charge in [-0.05, 0) is 35.4 Å². The smallest absolute Gasteiger partial charge is 0.227 e. The molecular formula is C20H14N3. The van der Waals surface area contributed by atoms with Gasteiger partial charge in [0.1, 0.15) is 0 Å².